The Hall–Kier alpha value is -1.38. The molecule has 0 unspecified atom stereocenters. The van der Waals surface area contributed by atoms with Crippen molar-refractivity contribution in [3.05, 3.63) is 35.1 Å². The van der Waals surface area contributed by atoms with Gasteiger partial charge in [0.1, 0.15) is 5.82 Å². The molecule has 0 radical (unpaired) electrons. The second kappa shape index (κ2) is 2.65. The van der Waals surface area contributed by atoms with Crippen LogP contribution in [0.15, 0.2) is 18.2 Å². The van der Waals surface area contributed by atoms with Crippen LogP contribution >= 0.6 is 0 Å². The van der Waals surface area contributed by atoms with Gasteiger partial charge in [-0.3, -0.25) is 4.79 Å². The molecule has 1 aromatic rings. The Morgan fingerprint density at radius 3 is 2.44 bits per heavy atom. The number of rotatable bonds is 2. The average molecular weight is 220 g/mol. The first kappa shape index (κ1) is 9.82. The number of benzene rings is 1. The van der Waals surface area contributed by atoms with Gasteiger partial charge >= 0.3 is 5.97 Å². The zero-order valence-electron chi connectivity index (χ0n) is 9.09. The van der Waals surface area contributed by atoms with Gasteiger partial charge in [0.05, 0.1) is 5.41 Å². The van der Waals surface area contributed by atoms with Gasteiger partial charge in [0.2, 0.25) is 0 Å². The Kier molecular flexibility index (Phi) is 1.63. The van der Waals surface area contributed by atoms with Gasteiger partial charge in [-0.25, -0.2) is 4.39 Å². The van der Waals surface area contributed by atoms with Crippen molar-refractivity contribution in [3.8, 4) is 0 Å². The predicted molar refractivity (Wildman–Crippen MR) is 56.7 cm³/mol. The molecule has 0 amide bonds. The topological polar surface area (TPSA) is 37.3 Å². The molecule has 0 atom stereocenters. The smallest absolute Gasteiger partial charge is 0.309 e. The highest BCUT2D eigenvalue weighted by Gasteiger charge is 2.72. The second-order valence-corrected chi connectivity index (χ2v) is 5.41. The Bertz CT molecular complexity index is 453. The quantitative estimate of drug-likeness (QED) is 0.831. The highest BCUT2D eigenvalue weighted by Crippen LogP contribution is 2.73. The van der Waals surface area contributed by atoms with Crippen LogP contribution in [0, 0.1) is 18.2 Å². The van der Waals surface area contributed by atoms with Crippen molar-refractivity contribution in [2.24, 2.45) is 5.41 Å². The summed E-state index contributed by atoms with van der Waals surface area (Å²) in [5, 5.41) is 9.03. The fourth-order valence-electron chi connectivity index (χ4n) is 3.36. The second-order valence-electron chi connectivity index (χ2n) is 5.41. The number of carboxylic acids is 1. The normalized spacial score (nSPS) is 35.1. The summed E-state index contributed by atoms with van der Waals surface area (Å²) in [6.07, 6.45) is 2.04. The fraction of sp³-hybridized carbons (Fsp3) is 0.462. The van der Waals surface area contributed by atoms with Gasteiger partial charge in [-0.1, -0.05) is 6.07 Å². The van der Waals surface area contributed by atoms with Crippen LogP contribution in [-0.2, 0) is 10.2 Å². The van der Waals surface area contributed by atoms with E-state index in [2.05, 4.69) is 0 Å². The maximum atomic E-state index is 13.3. The first-order chi connectivity index (χ1) is 7.46. The standard InChI is InChI=1S/C13H13FO2/c1-8-2-9(4-10(14)3-8)12-5-13(6-12,7-12)11(15)16/h2-4H,5-7H2,1H3,(H,15,16). The van der Waals surface area contributed by atoms with Crippen LogP contribution in [0.25, 0.3) is 0 Å². The molecule has 3 saturated carbocycles. The lowest BCUT2D eigenvalue weighted by atomic mass is 9.33. The third kappa shape index (κ3) is 1.03. The van der Waals surface area contributed by atoms with Crippen molar-refractivity contribution in [2.45, 2.75) is 31.6 Å². The Labute approximate surface area is 93.1 Å². The Morgan fingerprint density at radius 1 is 1.31 bits per heavy atom. The number of carbonyl (C=O) groups is 1. The molecular weight excluding hydrogens is 207 g/mol. The fourth-order valence-corrected chi connectivity index (χ4v) is 3.36. The SMILES string of the molecule is Cc1cc(F)cc(C23CC(C(=O)O)(C2)C3)c1. The number of carboxylic acid groups (broad SMARTS) is 1. The number of hydrogen-bond donors (Lipinski definition) is 1. The number of halogens is 1. The first-order valence-electron chi connectivity index (χ1n) is 5.47. The highest BCUT2D eigenvalue weighted by molar-refractivity contribution is 5.80. The van der Waals surface area contributed by atoms with Gasteiger partial charge in [-0.2, -0.15) is 0 Å². The maximum Gasteiger partial charge on any atom is 0.309 e. The largest absolute Gasteiger partial charge is 0.481 e. The van der Waals surface area contributed by atoms with Crippen LogP contribution in [-0.4, -0.2) is 11.1 Å². The number of aryl methyl sites for hydroxylation is 1. The van der Waals surface area contributed by atoms with Crippen molar-refractivity contribution in [3.63, 3.8) is 0 Å². The summed E-state index contributed by atoms with van der Waals surface area (Å²) in [5.74, 6) is -0.911. The van der Waals surface area contributed by atoms with Crippen molar-refractivity contribution in [2.75, 3.05) is 0 Å². The summed E-state index contributed by atoms with van der Waals surface area (Å²) in [4.78, 5) is 11.0. The number of hydrogen-bond acceptors (Lipinski definition) is 1. The van der Waals surface area contributed by atoms with Gasteiger partial charge in [-0.15, -0.1) is 0 Å². The minimum Gasteiger partial charge on any atom is -0.481 e. The van der Waals surface area contributed by atoms with Crippen molar-refractivity contribution in [1.82, 2.24) is 0 Å². The van der Waals surface area contributed by atoms with E-state index in [-0.39, 0.29) is 11.2 Å². The molecule has 1 N–H and O–H groups in total. The van der Waals surface area contributed by atoms with Crippen molar-refractivity contribution in [1.29, 1.82) is 0 Å². The third-order valence-corrected chi connectivity index (χ3v) is 4.14. The van der Waals surface area contributed by atoms with Crippen LogP contribution in [0.5, 0.6) is 0 Å². The van der Waals surface area contributed by atoms with Gasteiger partial charge in [0.15, 0.2) is 0 Å². The Morgan fingerprint density at radius 2 is 1.94 bits per heavy atom. The monoisotopic (exact) mass is 220 g/mol. The van der Waals surface area contributed by atoms with Crippen LogP contribution in [0.4, 0.5) is 4.39 Å². The van der Waals surface area contributed by atoms with Crippen molar-refractivity contribution < 1.29 is 14.3 Å². The van der Waals surface area contributed by atoms with E-state index < -0.39 is 11.4 Å². The molecule has 84 valence electrons. The minimum absolute atomic E-state index is 0.0365. The molecule has 0 aromatic heterocycles. The van der Waals surface area contributed by atoms with E-state index in [0.717, 1.165) is 11.1 Å². The third-order valence-electron chi connectivity index (χ3n) is 4.14. The lowest BCUT2D eigenvalue weighted by Gasteiger charge is -2.68. The number of aliphatic carboxylic acids is 1. The molecular formula is C13H13FO2. The zero-order valence-corrected chi connectivity index (χ0v) is 9.09. The summed E-state index contributed by atoms with van der Waals surface area (Å²) in [5.41, 5.74) is 1.36. The van der Waals surface area contributed by atoms with Gasteiger partial charge in [0.25, 0.3) is 0 Å². The molecule has 0 saturated heterocycles. The molecule has 4 rings (SSSR count). The van der Waals surface area contributed by atoms with E-state index in [1.807, 2.05) is 13.0 Å². The summed E-state index contributed by atoms with van der Waals surface area (Å²) >= 11 is 0. The summed E-state index contributed by atoms with van der Waals surface area (Å²) < 4.78 is 13.3. The van der Waals surface area contributed by atoms with E-state index in [0.29, 0.717) is 19.3 Å². The van der Waals surface area contributed by atoms with E-state index in [9.17, 15) is 9.18 Å². The average Bonchev–Trinajstić information content (AvgIpc) is 1.94. The van der Waals surface area contributed by atoms with E-state index in [1.165, 1.54) is 6.07 Å². The van der Waals surface area contributed by atoms with Gasteiger partial charge in [0, 0.05) is 0 Å². The lowest BCUT2D eigenvalue weighted by Crippen LogP contribution is -2.67. The summed E-state index contributed by atoms with van der Waals surface area (Å²) in [7, 11) is 0. The molecule has 0 aliphatic heterocycles. The molecule has 0 heterocycles. The van der Waals surface area contributed by atoms with E-state index >= 15 is 0 Å². The van der Waals surface area contributed by atoms with Gasteiger partial charge in [-0.05, 0) is 54.9 Å². The summed E-state index contributed by atoms with van der Waals surface area (Å²) in [6, 6.07) is 5.04. The van der Waals surface area contributed by atoms with Crippen LogP contribution in [0.1, 0.15) is 30.4 Å². The molecule has 3 aliphatic carbocycles. The molecule has 2 nitrogen and oxygen atoms in total. The minimum atomic E-state index is -0.692. The molecule has 16 heavy (non-hydrogen) atoms. The van der Waals surface area contributed by atoms with Crippen molar-refractivity contribution >= 4 is 5.97 Å². The van der Waals surface area contributed by atoms with Crippen LogP contribution in [0.2, 0.25) is 0 Å². The van der Waals surface area contributed by atoms with E-state index in [4.69, 9.17) is 5.11 Å². The van der Waals surface area contributed by atoms with Crippen LogP contribution in [0.3, 0.4) is 0 Å². The summed E-state index contributed by atoms with van der Waals surface area (Å²) in [6.45, 7) is 1.87. The lowest BCUT2D eigenvalue weighted by molar-refractivity contribution is -0.194. The maximum absolute atomic E-state index is 13.3. The molecule has 3 heteroatoms. The molecule has 1 aromatic carbocycles. The predicted octanol–water partition coefficient (Wildman–Crippen LogP) is 2.64. The molecule has 0 spiro atoms. The Balaban J connectivity index is 1.90. The molecule has 2 bridgehead atoms. The van der Waals surface area contributed by atoms with Crippen LogP contribution < -0.4 is 0 Å². The zero-order chi connectivity index (χ0) is 11.6. The van der Waals surface area contributed by atoms with Gasteiger partial charge < -0.3 is 5.11 Å². The van der Waals surface area contributed by atoms with E-state index in [1.54, 1.807) is 6.07 Å². The molecule has 3 aliphatic rings. The highest BCUT2D eigenvalue weighted by atomic mass is 19.1. The molecule has 3 fully saturated rings. The first-order valence-corrected chi connectivity index (χ1v) is 5.47.